The number of fused-ring (bicyclic) bond motifs is 3. The largest absolute Gasteiger partial charge is 0.298 e. The average molecular weight is 443 g/mol. The van der Waals surface area contributed by atoms with E-state index in [1.54, 1.807) is 24.3 Å². The van der Waals surface area contributed by atoms with Crippen molar-refractivity contribution in [1.82, 2.24) is 19.4 Å². The van der Waals surface area contributed by atoms with E-state index < -0.39 is 10.0 Å². The van der Waals surface area contributed by atoms with Gasteiger partial charge in [-0.25, -0.2) is 13.1 Å². The summed E-state index contributed by atoms with van der Waals surface area (Å²) in [6.07, 6.45) is 8.82. The molecule has 0 radical (unpaired) electrons. The number of aromatic nitrogens is 2. The molecule has 4 heterocycles. The minimum atomic E-state index is -3.45. The summed E-state index contributed by atoms with van der Waals surface area (Å²) in [5.74, 6) is 1.74. The summed E-state index contributed by atoms with van der Waals surface area (Å²) < 4.78 is 30.2. The molecule has 7 heteroatoms. The lowest BCUT2D eigenvalue weighted by atomic mass is 9.74. The first-order valence-corrected chi connectivity index (χ1v) is 13.3. The average Bonchev–Trinajstić information content (AvgIpc) is 3.21. The molecule has 1 aromatic heterocycles. The summed E-state index contributed by atoms with van der Waals surface area (Å²) >= 11 is 0. The Bertz CT molecular complexity index is 998. The van der Waals surface area contributed by atoms with Crippen LogP contribution in [-0.2, 0) is 17.1 Å². The maximum absolute atomic E-state index is 12.6. The lowest BCUT2D eigenvalue weighted by molar-refractivity contribution is 0.0306. The van der Waals surface area contributed by atoms with Crippen molar-refractivity contribution in [3.8, 4) is 0 Å². The summed E-state index contributed by atoms with van der Waals surface area (Å²) in [7, 11) is -1.35. The molecule has 2 bridgehead atoms. The van der Waals surface area contributed by atoms with Gasteiger partial charge < -0.3 is 0 Å². The fraction of sp³-hybridized carbons (Fsp3) is 0.625. The van der Waals surface area contributed by atoms with E-state index in [9.17, 15) is 8.42 Å². The summed E-state index contributed by atoms with van der Waals surface area (Å²) in [5, 5.41) is 4.92. The van der Waals surface area contributed by atoms with Crippen molar-refractivity contribution >= 4 is 10.0 Å². The van der Waals surface area contributed by atoms with E-state index >= 15 is 0 Å². The molecule has 4 atom stereocenters. The van der Waals surface area contributed by atoms with Gasteiger partial charge in [-0.05, 0) is 56.3 Å². The van der Waals surface area contributed by atoms with E-state index in [1.807, 2.05) is 6.07 Å². The van der Waals surface area contributed by atoms with Crippen LogP contribution in [0.4, 0.5) is 0 Å². The number of sulfonamides is 1. The third-order valence-corrected chi connectivity index (χ3v) is 9.22. The molecule has 4 aliphatic rings. The van der Waals surface area contributed by atoms with Gasteiger partial charge >= 0.3 is 0 Å². The molecule has 31 heavy (non-hydrogen) atoms. The number of nitrogens with one attached hydrogen (secondary N) is 1. The van der Waals surface area contributed by atoms with Crippen LogP contribution in [0, 0.1) is 5.92 Å². The molecule has 0 amide bonds. The van der Waals surface area contributed by atoms with E-state index in [-0.39, 0.29) is 6.04 Å². The van der Waals surface area contributed by atoms with Crippen molar-refractivity contribution in [2.45, 2.75) is 67.7 Å². The first-order chi connectivity index (χ1) is 15.0. The Morgan fingerprint density at radius 1 is 1.10 bits per heavy atom. The molecule has 6 nitrogen and oxygen atoms in total. The van der Waals surface area contributed by atoms with Crippen LogP contribution in [-0.4, -0.2) is 48.8 Å². The van der Waals surface area contributed by atoms with E-state index in [0.29, 0.717) is 29.2 Å². The van der Waals surface area contributed by atoms with E-state index in [0.717, 1.165) is 19.5 Å². The van der Waals surface area contributed by atoms with Crippen LogP contribution < -0.4 is 4.72 Å². The molecule has 1 aromatic carbocycles. The maximum atomic E-state index is 12.6. The molecule has 168 valence electrons. The molecule has 1 saturated carbocycles. The molecule has 1 N–H and O–H groups in total. The fourth-order valence-electron chi connectivity index (χ4n) is 6.02. The molecule has 1 aliphatic carbocycles. The van der Waals surface area contributed by atoms with Crippen molar-refractivity contribution < 1.29 is 8.42 Å². The fourth-order valence-corrected chi connectivity index (χ4v) is 7.12. The Kier molecular flexibility index (Phi) is 5.92. The van der Waals surface area contributed by atoms with Gasteiger partial charge in [-0.3, -0.25) is 9.58 Å². The molecule has 6 rings (SSSR count). The van der Waals surface area contributed by atoms with Gasteiger partial charge in [0.25, 0.3) is 0 Å². The molecular formula is C24H34N4O2S. The maximum Gasteiger partial charge on any atom is 0.240 e. The first-order valence-electron chi connectivity index (χ1n) is 11.8. The van der Waals surface area contributed by atoms with Gasteiger partial charge in [0, 0.05) is 43.7 Å². The normalized spacial score (nSPS) is 29.3. The van der Waals surface area contributed by atoms with Gasteiger partial charge in [0.2, 0.25) is 10.0 Å². The highest BCUT2D eigenvalue weighted by atomic mass is 32.2. The van der Waals surface area contributed by atoms with E-state index in [4.69, 9.17) is 5.10 Å². The zero-order valence-electron chi connectivity index (χ0n) is 18.4. The van der Waals surface area contributed by atoms with Crippen molar-refractivity contribution in [3.63, 3.8) is 0 Å². The second-order valence-corrected chi connectivity index (χ2v) is 11.4. The monoisotopic (exact) mass is 442 g/mol. The second-order valence-electron chi connectivity index (χ2n) is 9.66. The Balaban J connectivity index is 1.25. The van der Waals surface area contributed by atoms with Crippen LogP contribution in [0.3, 0.4) is 0 Å². The number of piperidine rings is 3. The van der Waals surface area contributed by atoms with Crippen LogP contribution in [0.15, 0.2) is 41.3 Å². The van der Waals surface area contributed by atoms with Gasteiger partial charge in [0.1, 0.15) is 0 Å². The van der Waals surface area contributed by atoms with E-state index in [1.165, 1.54) is 49.9 Å². The summed E-state index contributed by atoms with van der Waals surface area (Å²) in [5.41, 5.74) is 2.67. The quantitative estimate of drug-likeness (QED) is 0.742. The highest BCUT2D eigenvalue weighted by Crippen LogP contribution is 2.43. The molecule has 1 unspecified atom stereocenters. The van der Waals surface area contributed by atoms with Gasteiger partial charge in [0.15, 0.2) is 0 Å². The number of hydrogen-bond donors (Lipinski definition) is 1. The lowest BCUT2D eigenvalue weighted by Gasteiger charge is -2.50. The SMILES string of the molecule is Cn1nc(C2CCCCC2)cc1[C@H]1CN2CC[C@H]1C[C@@H]2CNS(=O)(=O)c1ccccc1. The third kappa shape index (κ3) is 4.32. The predicted octanol–water partition coefficient (Wildman–Crippen LogP) is 3.62. The van der Waals surface area contributed by atoms with Gasteiger partial charge in [-0.15, -0.1) is 0 Å². The van der Waals surface area contributed by atoms with Crippen LogP contribution in [0.1, 0.15) is 68.2 Å². The van der Waals surface area contributed by atoms with Gasteiger partial charge in [-0.1, -0.05) is 37.5 Å². The Morgan fingerprint density at radius 3 is 2.58 bits per heavy atom. The Labute approximate surface area is 186 Å². The number of rotatable bonds is 6. The smallest absolute Gasteiger partial charge is 0.240 e. The van der Waals surface area contributed by atoms with Crippen LogP contribution in [0.5, 0.6) is 0 Å². The Hall–Kier alpha value is -1.70. The second kappa shape index (κ2) is 8.68. The molecule has 3 aliphatic heterocycles. The minimum absolute atomic E-state index is 0.277. The van der Waals surface area contributed by atoms with Crippen LogP contribution in [0.25, 0.3) is 0 Å². The van der Waals surface area contributed by atoms with E-state index in [2.05, 4.69) is 27.4 Å². The van der Waals surface area contributed by atoms with Crippen LogP contribution in [0.2, 0.25) is 0 Å². The number of benzene rings is 1. The number of aryl methyl sites for hydroxylation is 1. The molecule has 3 saturated heterocycles. The Morgan fingerprint density at radius 2 is 1.87 bits per heavy atom. The summed E-state index contributed by atoms with van der Waals surface area (Å²) in [6.45, 7) is 2.55. The molecule has 4 fully saturated rings. The van der Waals surface area contributed by atoms with Crippen molar-refractivity contribution in [3.05, 3.63) is 47.8 Å². The number of nitrogens with zero attached hydrogens (tertiary/aromatic N) is 3. The summed E-state index contributed by atoms with van der Waals surface area (Å²) in [4.78, 5) is 2.83. The van der Waals surface area contributed by atoms with Crippen LogP contribution >= 0.6 is 0 Å². The first kappa shape index (κ1) is 21.2. The topological polar surface area (TPSA) is 67.2 Å². The highest BCUT2D eigenvalue weighted by molar-refractivity contribution is 7.89. The molecule has 2 aromatic rings. The van der Waals surface area contributed by atoms with Crippen molar-refractivity contribution in [1.29, 1.82) is 0 Å². The van der Waals surface area contributed by atoms with Crippen molar-refractivity contribution in [2.75, 3.05) is 19.6 Å². The zero-order chi connectivity index (χ0) is 21.4. The molecular weight excluding hydrogens is 408 g/mol. The molecule has 0 spiro atoms. The van der Waals surface area contributed by atoms with Crippen molar-refractivity contribution in [2.24, 2.45) is 13.0 Å². The third-order valence-electron chi connectivity index (χ3n) is 7.78. The number of hydrogen-bond acceptors (Lipinski definition) is 4. The zero-order valence-corrected chi connectivity index (χ0v) is 19.2. The highest BCUT2D eigenvalue weighted by Gasteiger charge is 2.42. The summed E-state index contributed by atoms with van der Waals surface area (Å²) in [6, 6.07) is 11.3. The predicted molar refractivity (Wildman–Crippen MR) is 121 cm³/mol. The lowest BCUT2D eigenvalue weighted by Crippen LogP contribution is -2.56. The minimum Gasteiger partial charge on any atom is -0.298 e. The standard InChI is InChI=1S/C24H34N4O2S/c1-27-24(15-23(26-27)18-8-4-2-5-9-18)22-17-28-13-12-19(22)14-20(28)16-25-31(29,30)21-10-6-3-7-11-21/h3,6-7,10-11,15,18-20,22,25H,2,4-5,8-9,12-14,16-17H2,1H3/t19-,20+,22-/m0/s1. The van der Waals surface area contributed by atoms with Gasteiger partial charge in [0.05, 0.1) is 10.6 Å². The van der Waals surface area contributed by atoms with Gasteiger partial charge in [-0.2, -0.15) is 5.10 Å².